The number of carbonyl (C=O) groups is 8. The number of carbonyl (C=O) groups excluding carboxylic acids is 8. The Labute approximate surface area is 497 Å². The highest BCUT2D eigenvalue weighted by Gasteiger charge is 2.42. The number of esters is 2. The maximum Gasteiger partial charge on any atom is 0.355 e. The van der Waals surface area contributed by atoms with Crippen LogP contribution in [-0.2, 0) is 46.5 Å². The van der Waals surface area contributed by atoms with Crippen LogP contribution in [0, 0.1) is 0 Å². The lowest BCUT2D eigenvalue weighted by atomic mass is 10.0. The molecular formula is C52H43N13O15S5. The van der Waals surface area contributed by atoms with Gasteiger partial charge >= 0.3 is 11.9 Å². The number of aliphatic hydroxyl groups excluding tert-OH is 2. The summed E-state index contributed by atoms with van der Waals surface area (Å²) in [6, 6.07) is 1.77. The average molecular weight is 1250 g/mol. The number of methoxy groups -OCH3 is 1. The van der Waals surface area contributed by atoms with Gasteiger partial charge in [0.05, 0.1) is 25.5 Å². The first-order chi connectivity index (χ1) is 40.7. The molecule has 0 saturated carbocycles. The smallest absolute Gasteiger partial charge is 0.355 e. The van der Waals surface area contributed by atoms with Crippen LogP contribution in [0.5, 0.6) is 5.75 Å². The largest absolute Gasteiger partial charge is 0.506 e. The number of nitrogens with zero attached hydrogens (tertiary/aromatic N) is 6. The topological polar surface area (TPSA) is 413 Å². The van der Waals surface area contributed by atoms with Crippen molar-refractivity contribution in [2.45, 2.75) is 63.5 Å². The number of thiazole rings is 5. The van der Waals surface area contributed by atoms with Crippen LogP contribution in [0.4, 0.5) is 0 Å². The summed E-state index contributed by atoms with van der Waals surface area (Å²) in [5.74, 6) is -7.94. The summed E-state index contributed by atoms with van der Waals surface area (Å²) in [6.07, 6.45) is -5.41. The minimum absolute atomic E-state index is 0.00791. The van der Waals surface area contributed by atoms with Gasteiger partial charge in [-0.15, -0.1) is 56.7 Å². The number of amides is 6. The number of ether oxygens (including phenoxy) is 4. The van der Waals surface area contributed by atoms with Gasteiger partial charge in [-0.1, -0.05) is 18.7 Å². The number of nitrogens with two attached hydrogens (primary N) is 1. The molecule has 6 amide bonds. The van der Waals surface area contributed by atoms with Crippen molar-refractivity contribution in [3.05, 3.63) is 124 Å². The van der Waals surface area contributed by atoms with Gasteiger partial charge < -0.3 is 71.6 Å². The van der Waals surface area contributed by atoms with Gasteiger partial charge in [0.15, 0.2) is 6.10 Å². The highest BCUT2D eigenvalue weighted by molar-refractivity contribution is 7.14. The normalized spacial score (nSPS) is 20.3. The zero-order valence-corrected chi connectivity index (χ0v) is 48.1. The van der Waals surface area contributed by atoms with E-state index in [1.54, 1.807) is 23.6 Å². The molecule has 11 rings (SSSR count). The number of cyclic esters (lactones) is 2. The van der Waals surface area contributed by atoms with E-state index in [0.717, 1.165) is 56.7 Å². The fraction of sp³-hybridized carbons (Fsp3) is 0.231. The molecule has 6 atom stereocenters. The number of pyridine rings is 1. The van der Waals surface area contributed by atoms with Gasteiger partial charge in [0.2, 0.25) is 5.91 Å². The SMILES string of the molecule is C=C(NC(=O)c1csc(-c2nc3c(cc2O)-c2nc(cs2)C(=O)NC(C(C)O)C(=O)NC(=C(C)OC)c2nc(cs2)C(=O)NC2c4nc(cs4)C(=O)NC(COC(=O)c4[nH]c5cccc6c5c4COC2C(O)C(=O)OC6)c2nc-3cs2)n1)C(N)=O. The molecule has 33 heteroatoms. The van der Waals surface area contributed by atoms with Crippen molar-refractivity contribution in [3.8, 4) is 38.4 Å². The number of H-pyrrole nitrogens is 1. The summed E-state index contributed by atoms with van der Waals surface area (Å²) in [5, 5.41) is 55.1. The van der Waals surface area contributed by atoms with Crippen molar-refractivity contribution >= 4 is 121 Å². The van der Waals surface area contributed by atoms with E-state index in [2.05, 4.69) is 58.1 Å². The quantitative estimate of drug-likeness (QED) is 0.0648. The zero-order chi connectivity index (χ0) is 60.1. The molecule has 1 aromatic carbocycles. The van der Waals surface area contributed by atoms with Gasteiger partial charge in [-0.3, -0.25) is 28.8 Å². The Hall–Kier alpha value is -9.22. The molecule has 3 aliphatic heterocycles. The van der Waals surface area contributed by atoms with E-state index >= 15 is 0 Å². The van der Waals surface area contributed by atoms with Crippen molar-refractivity contribution in [3.63, 3.8) is 0 Å². The number of primary amides is 1. The minimum atomic E-state index is -2.14. The van der Waals surface area contributed by atoms with Crippen LogP contribution in [0.15, 0.2) is 69.2 Å². The number of fused-ring (bicyclic) bond motifs is 15. The number of aromatic amines is 1. The fourth-order valence-corrected chi connectivity index (χ4v) is 13.1. The molecule has 85 heavy (non-hydrogen) atoms. The van der Waals surface area contributed by atoms with Crippen LogP contribution < -0.4 is 32.3 Å². The third-order valence-corrected chi connectivity index (χ3v) is 17.8. The molecule has 8 aromatic rings. The predicted molar refractivity (Wildman–Crippen MR) is 303 cm³/mol. The Kier molecular flexibility index (Phi) is 15.9. The number of benzene rings is 1. The third-order valence-electron chi connectivity index (χ3n) is 13.3. The zero-order valence-electron chi connectivity index (χ0n) is 44.0. The summed E-state index contributed by atoms with van der Waals surface area (Å²) in [5.41, 5.74) is 4.83. The van der Waals surface area contributed by atoms with Crippen LogP contribution in [0.1, 0.15) is 105 Å². The lowest BCUT2D eigenvalue weighted by molar-refractivity contribution is -0.166. The average Bonchev–Trinajstić information content (AvgIpc) is 3.41. The number of nitrogens with one attached hydrogen (secondary N) is 6. The van der Waals surface area contributed by atoms with Crippen molar-refractivity contribution < 1.29 is 72.6 Å². The number of hydrogen-bond donors (Lipinski definition) is 10. The molecule has 0 fully saturated rings. The first kappa shape index (κ1) is 57.6. The Morgan fingerprint density at radius 3 is 2.24 bits per heavy atom. The monoisotopic (exact) mass is 1250 g/mol. The molecule has 10 heterocycles. The number of aliphatic hydroxyl groups is 2. The molecule has 28 nitrogen and oxygen atoms in total. The number of rotatable bonds is 6. The minimum Gasteiger partial charge on any atom is -0.506 e. The Balaban J connectivity index is 1.08. The molecule has 6 unspecified atom stereocenters. The molecule has 0 spiro atoms. The lowest BCUT2D eigenvalue weighted by Crippen LogP contribution is -2.52. The molecule has 3 aliphatic rings. The Bertz CT molecular complexity index is 4140. The van der Waals surface area contributed by atoms with E-state index < -0.39 is 108 Å². The number of hydrogen-bond acceptors (Lipinski definition) is 26. The number of aromatic hydroxyl groups is 1. The summed E-state index contributed by atoms with van der Waals surface area (Å²) in [7, 11) is 1.31. The van der Waals surface area contributed by atoms with E-state index in [1.807, 2.05) is 0 Å². The highest BCUT2D eigenvalue weighted by Crippen LogP contribution is 2.42. The summed E-state index contributed by atoms with van der Waals surface area (Å²) in [6.45, 7) is 4.76. The van der Waals surface area contributed by atoms with E-state index in [9.17, 15) is 53.7 Å². The van der Waals surface area contributed by atoms with Gasteiger partial charge in [0.25, 0.3) is 29.5 Å². The molecule has 12 bridgehead atoms. The molecule has 11 N–H and O–H groups in total. The van der Waals surface area contributed by atoms with Crippen molar-refractivity contribution in [1.82, 2.24) is 61.5 Å². The maximum atomic E-state index is 14.6. The van der Waals surface area contributed by atoms with Crippen molar-refractivity contribution in [2.24, 2.45) is 5.73 Å². The van der Waals surface area contributed by atoms with Gasteiger partial charge in [-0.05, 0) is 31.5 Å². The van der Waals surface area contributed by atoms with Crippen LogP contribution in [0.3, 0.4) is 0 Å². The third kappa shape index (κ3) is 11.4. The lowest BCUT2D eigenvalue weighted by Gasteiger charge is -2.30. The maximum absolute atomic E-state index is 14.6. The standard InChI is InChI=1S/C52H43N13O15S5/c1-17(40(53)69)54-41(70)26-14-84-49(60-26)36-30(67)8-21-34(62-36)25-12-82-47(57-25)24-11-80-51(75)35-22-10-78-39(38(68)52(76)79-9-20-6-5-7-23(55-35)31(20)22)37(50-61-27(15-85-50)42(71)56-24)65-44(73)29-16-83-48(59-29)33(19(3)77-4)64-45(74)32(18(2)66)63-43(72)28-13-81-46(21)58-28/h5-8,12-16,18,24,32,37-39,55,66-68H,1,9-11H2,2-4H3,(H2,53,69)(H,54,70)(H,56,71)(H,63,72)(H,64,74)(H,65,73). The molecular weight excluding hydrogens is 1210 g/mol. The van der Waals surface area contributed by atoms with Gasteiger partial charge in [0.1, 0.15) is 125 Å². The molecule has 0 saturated heterocycles. The first-order valence-electron chi connectivity index (χ1n) is 25.0. The Morgan fingerprint density at radius 2 is 1.48 bits per heavy atom. The van der Waals surface area contributed by atoms with Crippen molar-refractivity contribution in [2.75, 3.05) is 13.7 Å². The van der Waals surface area contributed by atoms with E-state index in [1.165, 1.54) is 48.5 Å². The van der Waals surface area contributed by atoms with Crippen LogP contribution in [0.25, 0.3) is 49.3 Å². The van der Waals surface area contributed by atoms with Crippen molar-refractivity contribution in [1.29, 1.82) is 0 Å². The highest BCUT2D eigenvalue weighted by atomic mass is 32.1. The van der Waals surface area contributed by atoms with E-state index in [0.29, 0.717) is 16.5 Å². The van der Waals surface area contributed by atoms with Crippen LogP contribution in [-0.4, -0.2) is 136 Å². The van der Waals surface area contributed by atoms with Crippen LogP contribution in [0.2, 0.25) is 0 Å². The second-order valence-corrected chi connectivity index (χ2v) is 23.2. The summed E-state index contributed by atoms with van der Waals surface area (Å²) in [4.78, 5) is 141. The molecule has 7 aromatic heterocycles. The second-order valence-electron chi connectivity index (χ2n) is 18.8. The Morgan fingerprint density at radius 1 is 0.812 bits per heavy atom. The van der Waals surface area contributed by atoms with Gasteiger partial charge in [-0.25, -0.2) is 39.5 Å². The second kappa shape index (κ2) is 23.4. The van der Waals surface area contributed by atoms with Crippen LogP contribution >= 0.6 is 56.7 Å². The predicted octanol–water partition coefficient (Wildman–Crippen LogP) is 3.34. The fourth-order valence-electron chi connectivity index (χ4n) is 8.96. The number of allylic oxidation sites excluding steroid dienone is 1. The first-order valence-corrected chi connectivity index (χ1v) is 29.4. The summed E-state index contributed by atoms with van der Waals surface area (Å²) < 4.78 is 23.6. The molecule has 0 aliphatic carbocycles. The molecule has 436 valence electrons. The summed E-state index contributed by atoms with van der Waals surface area (Å²) >= 11 is 4.56. The van der Waals surface area contributed by atoms with Gasteiger partial charge in [0, 0.05) is 48.9 Å². The molecule has 0 radical (unpaired) electrons. The number of aromatic nitrogens is 7. The van der Waals surface area contributed by atoms with E-state index in [-0.39, 0.29) is 99.8 Å². The van der Waals surface area contributed by atoms with E-state index in [4.69, 9.17) is 34.6 Å². The van der Waals surface area contributed by atoms with Gasteiger partial charge in [-0.2, -0.15) is 0 Å².